The second-order valence-corrected chi connectivity index (χ2v) is 14.2. The Hall–Kier alpha value is -3.78. The first-order valence-corrected chi connectivity index (χ1v) is 16.3. The minimum absolute atomic E-state index is 0.0484. The topological polar surface area (TPSA) is 183 Å². The van der Waals surface area contributed by atoms with E-state index in [0.29, 0.717) is 34.2 Å². The summed E-state index contributed by atoms with van der Waals surface area (Å²) in [7, 11) is 0. The first kappa shape index (κ1) is 32.8. The zero-order chi connectivity index (χ0) is 34.4. The number of Topliss-reactive ketones (excluding diaryl/α,β-unsaturated/α-hetero) is 2. The monoisotopic (exact) mass is 656 g/mol. The van der Waals surface area contributed by atoms with E-state index in [2.05, 4.69) is 0 Å². The van der Waals surface area contributed by atoms with E-state index in [-0.39, 0.29) is 35.8 Å². The molecule has 7 aliphatic rings. The number of allylic oxidation sites excluding steroid dienone is 8. The fourth-order valence-electron chi connectivity index (χ4n) is 7.55. The molecule has 0 amide bonds. The highest BCUT2D eigenvalue weighted by molar-refractivity contribution is 6.50. The number of ketones is 2. The number of carbonyl (C=O) groups is 2. The molecule has 252 valence electrons. The Morgan fingerprint density at radius 2 is 1.15 bits per heavy atom. The Morgan fingerprint density at radius 3 is 1.71 bits per heavy atom. The van der Waals surface area contributed by atoms with Crippen molar-refractivity contribution in [2.75, 3.05) is 0 Å². The van der Waals surface area contributed by atoms with Crippen LogP contribution < -0.4 is 0 Å². The van der Waals surface area contributed by atoms with E-state index < -0.39 is 59.7 Å². The van der Waals surface area contributed by atoms with Crippen LogP contribution in [0.1, 0.15) is 54.4 Å². The van der Waals surface area contributed by atoms with Crippen molar-refractivity contribution < 1.29 is 39.5 Å². The van der Waals surface area contributed by atoms with Crippen molar-refractivity contribution in [3.8, 4) is 0 Å². The molecule has 7 aliphatic heterocycles. The van der Waals surface area contributed by atoms with Crippen LogP contribution in [0.4, 0.5) is 0 Å². The molecule has 7 rings (SSSR count). The molecule has 7 heterocycles. The van der Waals surface area contributed by atoms with Crippen LogP contribution in [-0.4, -0.2) is 104 Å². The van der Waals surface area contributed by atoms with Gasteiger partial charge in [0.2, 0.25) is 0 Å². The van der Waals surface area contributed by atoms with Crippen molar-refractivity contribution in [1.82, 2.24) is 0 Å². The highest BCUT2D eigenvalue weighted by atomic mass is 16.5. The van der Waals surface area contributed by atoms with Gasteiger partial charge in [-0.2, -0.15) is 0 Å². The number of aliphatic imine (C=N–C) groups is 4. The molecule has 48 heavy (non-hydrogen) atoms. The molecule has 0 aromatic carbocycles. The summed E-state index contributed by atoms with van der Waals surface area (Å²) in [6, 6.07) is 0. The van der Waals surface area contributed by atoms with E-state index >= 15 is 0 Å². The Morgan fingerprint density at radius 1 is 0.625 bits per heavy atom. The van der Waals surface area contributed by atoms with Gasteiger partial charge in [-0.25, -0.2) is 20.0 Å². The Bertz CT molecular complexity index is 1840. The Kier molecular flexibility index (Phi) is 7.78. The highest BCUT2D eigenvalue weighted by Crippen LogP contribution is 2.47. The van der Waals surface area contributed by atoms with Crippen LogP contribution in [0.25, 0.3) is 0 Å². The minimum Gasteiger partial charge on any atom is -0.390 e. The maximum absolute atomic E-state index is 14.3. The Balaban J connectivity index is 1.38. The summed E-state index contributed by atoms with van der Waals surface area (Å²) in [5.41, 5.74) is 1.57. The van der Waals surface area contributed by atoms with Crippen LogP contribution >= 0.6 is 0 Å². The van der Waals surface area contributed by atoms with Gasteiger partial charge in [0.1, 0.15) is 34.5 Å². The number of carbonyl (C=O) groups excluding carboxylic acids is 2. The quantitative estimate of drug-likeness (QED) is 0.349. The van der Waals surface area contributed by atoms with Crippen molar-refractivity contribution in [1.29, 1.82) is 0 Å². The summed E-state index contributed by atoms with van der Waals surface area (Å²) >= 11 is 0. The van der Waals surface area contributed by atoms with E-state index in [4.69, 9.17) is 29.4 Å². The average Bonchev–Trinajstić information content (AvgIpc) is 3.69. The van der Waals surface area contributed by atoms with Crippen LogP contribution in [0, 0.1) is 10.8 Å². The predicted octanol–water partition coefficient (Wildman–Crippen LogP) is 2.20. The smallest absolute Gasteiger partial charge is 0.195 e. The molecule has 10 atom stereocenters. The third-order valence-electron chi connectivity index (χ3n) is 10.7. The van der Waals surface area contributed by atoms with Gasteiger partial charge in [0.15, 0.2) is 11.6 Å². The van der Waals surface area contributed by atoms with Crippen LogP contribution in [0.3, 0.4) is 0 Å². The summed E-state index contributed by atoms with van der Waals surface area (Å²) in [4.78, 5) is 47.7. The van der Waals surface area contributed by atoms with E-state index in [9.17, 15) is 30.0 Å². The van der Waals surface area contributed by atoms with Gasteiger partial charge in [0.05, 0.1) is 70.8 Å². The number of nitrogens with zero attached hydrogens (tertiary/aromatic N) is 4. The lowest BCUT2D eigenvalue weighted by atomic mass is 9.73. The lowest BCUT2D eigenvalue weighted by molar-refractivity contribution is -0.191. The third kappa shape index (κ3) is 4.96. The second kappa shape index (κ2) is 11.4. The van der Waals surface area contributed by atoms with Crippen LogP contribution in [-0.2, 0) is 19.1 Å². The molecule has 8 bridgehead atoms. The molecule has 0 spiro atoms. The van der Waals surface area contributed by atoms with Crippen molar-refractivity contribution in [2.45, 2.75) is 103 Å². The van der Waals surface area contributed by atoms with Crippen molar-refractivity contribution in [2.24, 2.45) is 30.8 Å². The number of ether oxygens (including phenoxy) is 2. The summed E-state index contributed by atoms with van der Waals surface area (Å²) in [6.07, 6.45) is 3.09. The maximum Gasteiger partial charge on any atom is 0.195 e. The first-order chi connectivity index (χ1) is 22.6. The zero-order valence-corrected chi connectivity index (χ0v) is 27.7. The van der Waals surface area contributed by atoms with Crippen molar-refractivity contribution in [3.63, 3.8) is 0 Å². The zero-order valence-electron chi connectivity index (χ0n) is 27.7. The van der Waals surface area contributed by atoms with Gasteiger partial charge in [-0.3, -0.25) is 9.59 Å². The summed E-state index contributed by atoms with van der Waals surface area (Å²) < 4.78 is 12.2. The lowest BCUT2D eigenvalue weighted by Gasteiger charge is -2.43. The molecule has 2 saturated heterocycles. The molecule has 0 unspecified atom stereocenters. The molecule has 2 fully saturated rings. The summed E-state index contributed by atoms with van der Waals surface area (Å²) in [5, 5.41) is 42.9. The van der Waals surface area contributed by atoms with Gasteiger partial charge in [-0.1, -0.05) is 0 Å². The molecular weight excluding hydrogens is 616 g/mol. The van der Waals surface area contributed by atoms with E-state index in [1.54, 1.807) is 58.1 Å². The minimum atomic E-state index is -1.40. The van der Waals surface area contributed by atoms with Gasteiger partial charge in [0, 0.05) is 12.8 Å². The molecule has 0 aromatic rings. The molecule has 12 nitrogen and oxygen atoms in total. The van der Waals surface area contributed by atoms with Crippen LogP contribution in [0.5, 0.6) is 0 Å². The predicted molar refractivity (Wildman–Crippen MR) is 178 cm³/mol. The number of hydrogen-bond donors (Lipinski definition) is 4. The number of aliphatic hydroxyl groups is 4. The molecule has 0 aromatic heterocycles. The van der Waals surface area contributed by atoms with Crippen LogP contribution in [0.2, 0.25) is 0 Å². The standard InChI is InChI=1S/C36H40N4O8/c1-15-8-20-10-29-35(5,33-27(43)13-25(41)17(3)47-33)31(45)23(39-29)9-19-7-16(2)22(37-19)12-30-36(6,32(46)24(40-30)11-21(15)38-20)34-28(44)14-26(42)18(4)48-34/h7-12,17-18,25-28,33-34,41-44H,13-14H2,1-6H3/t17-,18-,25-,26-,27-,28-,33-,34-,35-,36+/m1/s1. The van der Waals surface area contributed by atoms with E-state index in [1.165, 1.54) is 0 Å². The number of rotatable bonds is 2. The van der Waals surface area contributed by atoms with E-state index in [1.807, 2.05) is 19.9 Å². The second-order valence-electron chi connectivity index (χ2n) is 14.2. The third-order valence-corrected chi connectivity index (χ3v) is 10.7. The molecular formula is C36H40N4O8. The largest absolute Gasteiger partial charge is 0.390 e. The van der Waals surface area contributed by atoms with Gasteiger partial charge in [0.25, 0.3) is 0 Å². The molecule has 0 saturated carbocycles. The number of aliphatic hydroxyl groups excluding tert-OH is 4. The summed E-state index contributed by atoms with van der Waals surface area (Å²) in [5.74, 6) is -0.713. The van der Waals surface area contributed by atoms with Gasteiger partial charge < -0.3 is 29.9 Å². The fraction of sp³-hybridized carbons (Fsp3) is 0.500. The normalized spacial score (nSPS) is 41.0. The van der Waals surface area contributed by atoms with Gasteiger partial charge >= 0.3 is 0 Å². The van der Waals surface area contributed by atoms with Crippen molar-refractivity contribution in [3.05, 3.63) is 70.4 Å². The van der Waals surface area contributed by atoms with Gasteiger partial charge in [-0.05, 0) is 89.1 Å². The average molecular weight is 657 g/mol. The SMILES string of the molecule is CC1=CC2=NC1=CC1=NC(=CC3=NC(=CC4=NC(=C2)[C@@](C)([C@@H]2O[C@H](C)[C@H](O)C[C@H]2O)C4=O)C=C3C)[C@](C)([C@@H]2O[C@H](C)[C@H](O)C[C@H]2O)C1=O. The van der Waals surface area contributed by atoms with Gasteiger partial charge in [-0.15, -0.1) is 0 Å². The van der Waals surface area contributed by atoms with E-state index in [0.717, 1.165) is 11.1 Å². The molecule has 0 radical (unpaired) electrons. The van der Waals surface area contributed by atoms with Crippen molar-refractivity contribution >= 4 is 34.4 Å². The summed E-state index contributed by atoms with van der Waals surface area (Å²) in [6.45, 7) is 10.5. The number of fused-ring (bicyclic) bond motifs is 4. The first-order valence-electron chi connectivity index (χ1n) is 16.3. The fourth-order valence-corrected chi connectivity index (χ4v) is 7.55. The Labute approximate surface area is 278 Å². The molecule has 0 aliphatic carbocycles. The van der Waals surface area contributed by atoms with Crippen LogP contribution in [0.15, 0.2) is 90.4 Å². The molecule has 4 N–H and O–H groups in total. The molecule has 12 heteroatoms. The maximum atomic E-state index is 14.3. The lowest BCUT2D eigenvalue weighted by Crippen LogP contribution is -2.55. The number of hydrogen-bond acceptors (Lipinski definition) is 12. The highest BCUT2D eigenvalue weighted by Gasteiger charge is 2.57.